The van der Waals surface area contributed by atoms with Crippen molar-refractivity contribution in [2.24, 2.45) is 5.92 Å². The first-order chi connectivity index (χ1) is 7.16. The van der Waals surface area contributed by atoms with Crippen LogP contribution in [0.25, 0.3) is 0 Å². The summed E-state index contributed by atoms with van der Waals surface area (Å²) in [6, 6.07) is 7.74. The summed E-state index contributed by atoms with van der Waals surface area (Å²) in [7, 11) is 0. The van der Waals surface area contributed by atoms with E-state index < -0.39 is 0 Å². The number of carbonyl (C=O) groups excluding carboxylic acids is 1. The molecule has 2 nitrogen and oxygen atoms in total. The Hall–Kier alpha value is -1.02. The molecule has 0 N–H and O–H groups in total. The van der Waals surface area contributed by atoms with E-state index in [1.165, 1.54) is 5.56 Å². The maximum Gasteiger partial charge on any atom is 0.308 e. The summed E-state index contributed by atoms with van der Waals surface area (Å²) < 4.78 is 5.12. The Morgan fingerprint density at radius 1 is 1.33 bits per heavy atom. The van der Waals surface area contributed by atoms with Crippen molar-refractivity contribution in [2.75, 3.05) is 6.61 Å². The third-order valence-electron chi connectivity index (χ3n) is 2.81. The minimum Gasteiger partial charge on any atom is -0.465 e. The summed E-state index contributed by atoms with van der Waals surface area (Å²) in [4.78, 5) is 11.2. The van der Waals surface area contributed by atoms with Crippen LogP contribution in [0.1, 0.15) is 24.8 Å². The van der Waals surface area contributed by atoms with Crippen molar-refractivity contribution in [2.45, 2.75) is 19.3 Å². The summed E-state index contributed by atoms with van der Waals surface area (Å²) in [5.41, 5.74) is 1.19. The van der Waals surface area contributed by atoms with Gasteiger partial charge in [0.15, 0.2) is 0 Å². The molecule has 1 heterocycles. The van der Waals surface area contributed by atoms with E-state index in [1.807, 2.05) is 31.2 Å². The first-order valence-corrected chi connectivity index (χ1v) is 5.46. The maximum absolute atomic E-state index is 11.2. The summed E-state index contributed by atoms with van der Waals surface area (Å²) >= 11 is 5.82. The fourth-order valence-electron chi connectivity index (χ4n) is 1.88. The SMILES string of the molecule is C[C@@H]1C[C@@H](c2ccc(Cl)cc2)COC1=O. The number of rotatable bonds is 1. The summed E-state index contributed by atoms with van der Waals surface area (Å²) in [6.45, 7) is 2.40. The molecular weight excluding hydrogens is 212 g/mol. The highest BCUT2D eigenvalue weighted by molar-refractivity contribution is 6.30. The number of benzene rings is 1. The standard InChI is InChI=1S/C12H13ClO2/c1-8-6-10(7-15-12(8)14)9-2-4-11(13)5-3-9/h2-5,8,10H,6-7H2,1H3/t8-,10-/m1/s1. The highest BCUT2D eigenvalue weighted by Gasteiger charge is 2.27. The van der Waals surface area contributed by atoms with Gasteiger partial charge in [0.05, 0.1) is 12.5 Å². The quantitative estimate of drug-likeness (QED) is 0.686. The Bertz CT molecular complexity index is 358. The number of esters is 1. The maximum atomic E-state index is 11.2. The molecule has 1 fully saturated rings. The lowest BCUT2D eigenvalue weighted by atomic mass is 9.88. The van der Waals surface area contributed by atoms with Crippen LogP contribution in [-0.4, -0.2) is 12.6 Å². The Kier molecular flexibility index (Phi) is 2.96. The highest BCUT2D eigenvalue weighted by Crippen LogP contribution is 2.29. The lowest BCUT2D eigenvalue weighted by Gasteiger charge is -2.26. The van der Waals surface area contributed by atoms with E-state index in [2.05, 4.69) is 0 Å². The molecule has 0 unspecified atom stereocenters. The van der Waals surface area contributed by atoms with Gasteiger partial charge in [0, 0.05) is 10.9 Å². The smallest absolute Gasteiger partial charge is 0.308 e. The van der Waals surface area contributed by atoms with Crippen LogP contribution >= 0.6 is 11.6 Å². The van der Waals surface area contributed by atoms with Crippen LogP contribution in [0.4, 0.5) is 0 Å². The van der Waals surface area contributed by atoms with Crippen LogP contribution in [0, 0.1) is 5.92 Å². The van der Waals surface area contributed by atoms with Gasteiger partial charge < -0.3 is 4.74 Å². The van der Waals surface area contributed by atoms with Crippen molar-refractivity contribution >= 4 is 17.6 Å². The highest BCUT2D eigenvalue weighted by atomic mass is 35.5. The number of hydrogen-bond donors (Lipinski definition) is 0. The number of carbonyl (C=O) groups is 1. The van der Waals surface area contributed by atoms with Crippen LogP contribution in [0.3, 0.4) is 0 Å². The predicted octanol–water partition coefficient (Wildman–Crippen LogP) is 3.01. The van der Waals surface area contributed by atoms with Crippen molar-refractivity contribution in [3.05, 3.63) is 34.9 Å². The van der Waals surface area contributed by atoms with Gasteiger partial charge in [-0.3, -0.25) is 4.79 Å². The monoisotopic (exact) mass is 224 g/mol. The van der Waals surface area contributed by atoms with Crippen LogP contribution in [-0.2, 0) is 9.53 Å². The molecule has 1 saturated heterocycles. The predicted molar refractivity (Wildman–Crippen MR) is 58.9 cm³/mol. The molecule has 1 aliphatic heterocycles. The average Bonchev–Trinajstić information content (AvgIpc) is 2.23. The van der Waals surface area contributed by atoms with E-state index in [0.717, 1.165) is 11.4 Å². The van der Waals surface area contributed by atoms with Gasteiger partial charge >= 0.3 is 5.97 Å². The van der Waals surface area contributed by atoms with Crippen LogP contribution in [0.15, 0.2) is 24.3 Å². The third kappa shape index (κ3) is 2.32. The lowest BCUT2D eigenvalue weighted by Crippen LogP contribution is -2.27. The fourth-order valence-corrected chi connectivity index (χ4v) is 2.01. The van der Waals surface area contributed by atoms with E-state index in [9.17, 15) is 4.79 Å². The molecule has 2 atom stereocenters. The average molecular weight is 225 g/mol. The molecule has 0 saturated carbocycles. The Morgan fingerprint density at radius 3 is 2.60 bits per heavy atom. The molecule has 1 aromatic rings. The molecule has 0 aromatic heterocycles. The zero-order valence-corrected chi connectivity index (χ0v) is 9.33. The third-order valence-corrected chi connectivity index (χ3v) is 3.06. The second-order valence-corrected chi connectivity index (χ2v) is 4.45. The lowest BCUT2D eigenvalue weighted by molar-refractivity contribution is -0.153. The fraction of sp³-hybridized carbons (Fsp3) is 0.417. The van der Waals surface area contributed by atoms with Crippen LogP contribution in [0.2, 0.25) is 5.02 Å². The second-order valence-electron chi connectivity index (χ2n) is 4.02. The minimum absolute atomic E-state index is 0.000530. The van der Waals surface area contributed by atoms with E-state index in [-0.39, 0.29) is 11.9 Å². The summed E-state index contributed by atoms with van der Waals surface area (Å²) in [5, 5.41) is 0.736. The van der Waals surface area contributed by atoms with Gasteiger partial charge in [0.2, 0.25) is 0 Å². The zero-order chi connectivity index (χ0) is 10.8. The Labute approximate surface area is 94.2 Å². The molecule has 1 aliphatic rings. The largest absolute Gasteiger partial charge is 0.465 e. The van der Waals surface area contributed by atoms with Gasteiger partial charge in [0.1, 0.15) is 0 Å². The first kappa shape index (κ1) is 10.5. The van der Waals surface area contributed by atoms with Crippen molar-refractivity contribution in [1.29, 1.82) is 0 Å². The number of ether oxygens (including phenoxy) is 1. The van der Waals surface area contributed by atoms with Gasteiger partial charge in [-0.2, -0.15) is 0 Å². The minimum atomic E-state index is -0.0831. The molecule has 0 spiro atoms. The van der Waals surface area contributed by atoms with Crippen molar-refractivity contribution in [3.63, 3.8) is 0 Å². The molecule has 1 aromatic carbocycles. The van der Waals surface area contributed by atoms with Crippen molar-refractivity contribution in [1.82, 2.24) is 0 Å². The van der Waals surface area contributed by atoms with Gasteiger partial charge in [0.25, 0.3) is 0 Å². The van der Waals surface area contributed by atoms with Crippen LogP contribution in [0.5, 0.6) is 0 Å². The summed E-state index contributed by atoms with van der Waals surface area (Å²) in [5.74, 6) is 0.231. The molecule has 0 amide bonds. The molecule has 80 valence electrons. The van der Waals surface area contributed by atoms with E-state index in [0.29, 0.717) is 12.5 Å². The van der Waals surface area contributed by atoms with E-state index in [1.54, 1.807) is 0 Å². The second kappa shape index (κ2) is 4.23. The molecular formula is C12H13ClO2. The zero-order valence-electron chi connectivity index (χ0n) is 8.57. The van der Waals surface area contributed by atoms with Gasteiger partial charge in [-0.1, -0.05) is 30.7 Å². The van der Waals surface area contributed by atoms with Gasteiger partial charge in [-0.05, 0) is 24.1 Å². The van der Waals surface area contributed by atoms with Gasteiger partial charge in [-0.15, -0.1) is 0 Å². The molecule has 3 heteroatoms. The number of cyclic esters (lactones) is 1. The van der Waals surface area contributed by atoms with Crippen molar-refractivity contribution < 1.29 is 9.53 Å². The number of halogens is 1. The Morgan fingerprint density at radius 2 is 2.00 bits per heavy atom. The molecule has 0 radical (unpaired) electrons. The van der Waals surface area contributed by atoms with Crippen molar-refractivity contribution in [3.8, 4) is 0 Å². The number of hydrogen-bond acceptors (Lipinski definition) is 2. The van der Waals surface area contributed by atoms with E-state index >= 15 is 0 Å². The summed E-state index contributed by atoms with van der Waals surface area (Å²) in [6.07, 6.45) is 0.862. The Balaban J connectivity index is 2.12. The molecule has 0 bridgehead atoms. The molecule has 0 aliphatic carbocycles. The molecule has 2 rings (SSSR count). The molecule has 15 heavy (non-hydrogen) atoms. The topological polar surface area (TPSA) is 26.3 Å². The van der Waals surface area contributed by atoms with Gasteiger partial charge in [-0.25, -0.2) is 0 Å². The van der Waals surface area contributed by atoms with E-state index in [4.69, 9.17) is 16.3 Å². The first-order valence-electron chi connectivity index (χ1n) is 5.09. The normalized spacial score (nSPS) is 26.1. The van der Waals surface area contributed by atoms with Crippen LogP contribution < -0.4 is 0 Å².